The number of nitrogens with zero attached hydrogens (tertiary/aromatic N) is 1. The number of pyridine rings is 1. The van der Waals surface area contributed by atoms with E-state index in [2.05, 4.69) is 40.1 Å². The van der Waals surface area contributed by atoms with Crippen LogP contribution in [0.4, 0.5) is 0 Å². The molecule has 0 aliphatic carbocycles. The Kier molecular flexibility index (Phi) is 5.95. The first-order chi connectivity index (χ1) is 7.67. The predicted octanol–water partition coefficient (Wildman–Crippen LogP) is 2.40. The minimum Gasteiger partial charge on any atom is -0.380 e. The average Bonchev–Trinajstić information content (AvgIpc) is 2.30. The Bertz CT molecular complexity index is 302. The molecule has 1 rings (SSSR count). The number of hydrogen-bond donors (Lipinski definition) is 1. The molecule has 16 heavy (non-hydrogen) atoms. The third-order valence-corrected chi connectivity index (χ3v) is 3.09. The maximum absolute atomic E-state index is 5.36. The fraction of sp³-hybridized carbons (Fsp3) is 0.583. The molecule has 1 heterocycles. The van der Waals surface area contributed by atoms with Gasteiger partial charge in [-0.25, -0.2) is 0 Å². The second kappa shape index (κ2) is 6.99. The number of hydrogen-bond acceptors (Lipinski definition) is 3. The van der Waals surface area contributed by atoms with Gasteiger partial charge in [-0.15, -0.1) is 0 Å². The van der Waals surface area contributed by atoms with Crippen molar-refractivity contribution in [3.05, 3.63) is 28.5 Å². The van der Waals surface area contributed by atoms with E-state index in [0.717, 1.165) is 23.1 Å². The molecule has 3 nitrogen and oxygen atoms in total. The zero-order chi connectivity index (χ0) is 12.0. The highest BCUT2D eigenvalue weighted by molar-refractivity contribution is 9.10. The highest BCUT2D eigenvalue weighted by atomic mass is 79.9. The summed E-state index contributed by atoms with van der Waals surface area (Å²) < 4.78 is 6.37. The quantitative estimate of drug-likeness (QED) is 0.872. The van der Waals surface area contributed by atoms with Gasteiger partial charge < -0.3 is 10.1 Å². The molecule has 0 amide bonds. The molecule has 90 valence electrons. The Hall–Kier alpha value is -0.450. The Labute approximate surface area is 106 Å². The Balaban J connectivity index is 2.63. The van der Waals surface area contributed by atoms with Gasteiger partial charge in [0, 0.05) is 35.9 Å². The van der Waals surface area contributed by atoms with Gasteiger partial charge in [-0.05, 0) is 41.5 Å². The molecule has 0 radical (unpaired) electrons. The van der Waals surface area contributed by atoms with E-state index in [9.17, 15) is 0 Å². The van der Waals surface area contributed by atoms with Crippen LogP contribution < -0.4 is 5.32 Å². The van der Waals surface area contributed by atoms with Crippen LogP contribution in [0.5, 0.6) is 0 Å². The fourth-order valence-electron chi connectivity index (χ4n) is 1.58. The lowest BCUT2D eigenvalue weighted by molar-refractivity contribution is 0.0833. The molecule has 1 N–H and O–H groups in total. The molecular formula is C12H19BrN2O. The van der Waals surface area contributed by atoms with Gasteiger partial charge >= 0.3 is 0 Å². The number of ether oxygens (including phenoxy) is 1. The number of likely N-dealkylation sites (N-methyl/N-ethyl adjacent to an activating group) is 1. The van der Waals surface area contributed by atoms with Crippen molar-refractivity contribution >= 4 is 15.9 Å². The molecular weight excluding hydrogens is 268 g/mol. The van der Waals surface area contributed by atoms with Gasteiger partial charge in [-0.1, -0.05) is 6.92 Å². The number of rotatable bonds is 6. The molecule has 4 heteroatoms. The van der Waals surface area contributed by atoms with Crippen LogP contribution in [0.1, 0.15) is 19.5 Å². The lowest BCUT2D eigenvalue weighted by Gasteiger charge is -2.23. The molecule has 0 saturated heterocycles. The molecule has 0 bridgehead atoms. The van der Waals surface area contributed by atoms with Crippen molar-refractivity contribution in [2.24, 2.45) is 0 Å². The van der Waals surface area contributed by atoms with Crippen LogP contribution in [0, 0.1) is 0 Å². The monoisotopic (exact) mass is 286 g/mol. The first kappa shape index (κ1) is 13.6. The second-order valence-electron chi connectivity index (χ2n) is 3.78. The van der Waals surface area contributed by atoms with E-state index in [4.69, 9.17) is 4.74 Å². The van der Waals surface area contributed by atoms with Crippen molar-refractivity contribution in [2.45, 2.75) is 32.4 Å². The fourth-order valence-corrected chi connectivity index (χ4v) is 1.82. The molecule has 0 spiro atoms. The zero-order valence-corrected chi connectivity index (χ0v) is 11.6. The number of halogens is 1. The summed E-state index contributed by atoms with van der Waals surface area (Å²) in [7, 11) is 1.74. The average molecular weight is 287 g/mol. The van der Waals surface area contributed by atoms with E-state index < -0.39 is 0 Å². The highest BCUT2D eigenvalue weighted by Gasteiger charge is 2.16. The van der Waals surface area contributed by atoms with E-state index in [-0.39, 0.29) is 6.10 Å². The SMILES string of the molecule is CCNC(Cc1ccc(Br)cn1)C(C)OC. The summed E-state index contributed by atoms with van der Waals surface area (Å²) >= 11 is 3.38. The summed E-state index contributed by atoms with van der Waals surface area (Å²) in [5.74, 6) is 0. The van der Waals surface area contributed by atoms with E-state index in [0.29, 0.717) is 6.04 Å². The van der Waals surface area contributed by atoms with E-state index in [1.54, 1.807) is 7.11 Å². The first-order valence-corrected chi connectivity index (χ1v) is 6.33. The summed E-state index contributed by atoms with van der Waals surface area (Å²) in [4.78, 5) is 4.37. The summed E-state index contributed by atoms with van der Waals surface area (Å²) in [5, 5.41) is 3.42. The Morgan fingerprint density at radius 2 is 2.25 bits per heavy atom. The molecule has 2 atom stereocenters. The summed E-state index contributed by atoms with van der Waals surface area (Å²) in [5.41, 5.74) is 1.08. The summed E-state index contributed by atoms with van der Waals surface area (Å²) in [6, 6.07) is 4.36. The van der Waals surface area contributed by atoms with Crippen LogP contribution in [0.15, 0.2) is 22.8 Å². The van der Waals surface area contributed by atoms with Crippen molar-refractivity contribution in [3.8, 4) is 0 Å². The lowest BCUT2D eigenvalue weighted by atomic mass is 10.1. The topological polar surface area (TPSA) is 34.2 Å². The van der Waals surface area contributed by atoms with Gasteiger partial charge in [0.1, 0.15) is 0 Å². The van der Waals surface area contributed by atoms with Crippen LogP contribution >= 0.6 is 15.9 Å². The smallest absolute Gasteiger partial charge is 0.0699 e. The molecule has 1 aromatic heterocycles. The van der Waals surface area contributed by atoms with Crippen molar-refractivity contribution in [1.82, 2.24) is 10.3 Å². The highest BCUT2D eigenvalue weighted by Crippen LogP contribution is 2.10. The maximum Gasteiger partial charge on any atom is 0.0699 e. The molecule has 0 aliphatic rings. The number of aromatic nitrogens is 1. The van der Waals surface area contributed by atoms with Crippen molar-refractivity contribution in [2.75, 3.05) is 13.7 Å². The second-order valence-corrected chi connectivity index (χ2v) is 4.69. The van der Waals surface area contributed by atoms with Crippen molar-refractivity contribution in [3.63, 3.8) is 0 Å². The summed E-state index contributed by atoms with van der Waals surface area (Å²) in [6.07, 6.45) is 2.90. The van der Waals surface area contributed by atoms with Crippen LogP contribution in [-0.4, -0.2) is 30.8 Å². The minimum absolute atomic E-state index is 0.186. The minimum atomic E-state index is 0.186. The maximum atomic E-state index is 5.36. The van der Waals surface area contributed by atoms with Gasteiger partial charge in [0.2, 0.25) is 0 Å². The summed E-state index contributed by atoms with van der Waals surface area (Å²) in [6.45, 7) is 5.12. The Morgan fingerprint density at radius 1 is 1.50 bits per heavy atom. The van der Waals surface area contributed by atoms with Gasteiger partial charge in [0.15, 0.2) is 0 Å². The van der Waals surface area contributed by atoms with Gasteiger partial charge in [0.05, 0.1) is 6.10 Å². The molecule has 0 fully saturated rings. The van der Waals surface area contributed by atoms with Crippen molar-refractivity contribution < 1.29 is 4.74 Å². The first-order valence-electron chi connectivity index (χ1n) is 5.54. The van der Waals surface area contributed by atoms with E-state index >= 15 is 0 Å². The predicted molar refractivity (Wildman–Crippen MR) is 69.6 cm³/mol. The molecule has 0 aromatic carbocycles. The third-order valence-electron chi connectivity index (χ3n) is 2.62. The van der Waals surface area contributed by atoms with Crippen LogP contribution in [0.2, 0.25) is 0 Å². The zero-order valence-electron chi connectivity index (χ0n) is 10.0. The van der Waals surface area contributed by atoms with Gasteiger partial charge in [-0.2, -0.15) is 0 Å². The standard InChI is InChI=1S/C12H19BrN2O/c1-4-14-12(9(2)16-3)7-11-6-5-10(13)8-15-11/h5-6,8-9,12,14H,4,7H2,1-3H3. The van der Waals surface area contributed by atoms with E-state index in [1.165, 1.54) is 0 Å². The molecule has 0 saturated carbocycles. The van der Waals surface area contributed by atoms with Gasteiger partial charge in [0.25, 0.3) is 0 Å². The van der Waals surface area contributed by atoms with Crippen LogP contribution in [0.3, 0.4) is 0 Å². The Morgan fingerprint density at radius 3 is 2.75 bits per heavy atom. The lowest BCUT2D eigenvalue weighted by Crippen LogP contribution is -2.41. The largest absolute Gasteiger partial charge is 0.380 e. The normalized spacial score (nSPS) is 14.8. The number of nitrogens with one attached hydrogen (secondary N) is 1. The third kappa shape index (κ3) is 4.20. The van der Waals surface area contributed by atoms with Crippen molar-refractivity contribution in [1.29, 1.82) is 0 Å². The van der Waals surface area contributed by atoms with Crippen LogP contribution in [-0.2, 0) is 11.2 Å². The molecule has 0 aliphatic heterocycles. The molecule has 2 unspecified atom stereocenters. The van der Waals surface area contributed by atoms with E-state index in [1.807, 2.05) is 18.3 Å². The molecule has 1 aromatic rings. The van der Waals surface area contributed by atoms with Crippen LogP contribution in [0.25, 0.3) is 0 Å². The van der Waals surface area contributed by atoms with Gasteiger partial charge in [-0.3, -0.25) is 4.98 Å². The number of methoxy groups -OCH3 is 1.